The van der Waals surface area contributed by atoms with E-state index in [1.807, 2.05) is 0 Å². The summed E-state index contributed by atoms with van der Waals surface area (Å²) in [6.45, 7) is 4.91. The van der Waals surface area contributed by atoms with Crippen molar-refractivity contribution < 1.29 is 42.1 Å². The quantitative estimate of drug-likeness (QED) is 0.423. The van der Waals surface area contributed by atoms with Gasteiger partial charge in [-0.15, -0.1) is 0 Å². The first-order valence-corrected chi connectivity index (χ1v) is 10.9. The van der Waals surface area contributed by atoms with Crippen molar-refractivity contribution in [3.8, 4) is 0 Å². The lowest BCUT2D eigenvalue weighted by Gasteiger charge is -2.28. The van der Waals surface area contributed by atoms with Crippen molar-refractivity contribution >= 4 is 12.1 Å². The number of rotatable bonds is 9. The maximum atomic E-state index is 13.2. The number of ether oxygens (including phenoxy) is 1. The van der Waals surface area contributed by atoms with Crippen molar-refractivity contribution in [2.75, 3.05) is 0 Å². The van der Waals surface area contributed by atoms with Crippen molar-refractivity contribution in [1.29, 1.82) is 0 Å². The molecule has 0 aliphatic carbocycles. The predicted octanol–water partition coefficient (Wildman–Crippen LogP) is 4.97. The number of carboxylic acid groups (broad SMARTS) is 1. The third-order valence-corrected chi connectivity index (χ3v) is 5.17. The Kier molecular flexibility index (Phi) is 9.25. The molecule has 0 aliphatic heterocycles. The van der Waals surface area contributed by atoms with Crippen molar-refractivity contribution in [2.24, 2.45) is 5.92 Å². The SMILES string of the molecule is CC(C)(C)OC(=O)N[C@H](Cc1ccc(C(F)(F)F)cc1)[C@H](O)C[C@H](Cc1ccc(F)cc1)C(=O)O. The van der Waals surface area contributed by atoms with E-state index < -0.39 is 53.3 Å². The van der Waals surface area contributed by atoms with Crippen LogP contribution in [0.4, 0.5) is 22.4 Å². The number of nitrogens with one attached hydrogen (secondary N) is 1. The minimum absolute atomic E-state index is 0.00606. The number of carboxylic acids is 1. The Morgan fingerprint density at radius 3 is 1.94 bits per heavy atom. The molecular formula is C25H29F4NO5. The maximum absolute atomic E-state index is 13.2. The number of carbonyl (C=O) groups excluding carboxylic acids is 1. The van der Waals surface area contributed by atoms with Crippen LogP contribution in [0.15, 0.2) is 48.5 Å². The van der Waals surface area contributed by atoms with Gasteiger partial charge in [0, 0.05) is 0 Å². The van der Waals surface area contributed by atoms with E-state index in [1.165, 1.54) is 36.4 Å². The zero-order chi connectivity index (χ0) is 26.4. The lowest BCUT2D eigenvalue weighted by atomic mass is 9.89. The molecule has 0 heterocycles. The van der Waals surface area contributed by atoms with Crippen LogP contribution in [0.3, 0.4) is 0 Å². The normalized spacial score (nSPS) is 14.6. The number of hydrogen-bond donors (Lipinski definition) is 3. The zero-order valence-electron chi connectivity index (χ0n) is 19.6. The summed E-state index contributed by atoms with van der Waals surface area (Å²) in [5.74, 6) is -2.73. The van der Waals surface area contributed by atoms with Crippen LogP contribution in [0.2, 0.25) is 0 Å². The largest absolute Gasteiger partial charge is 0.481 e. The zero-order valence-corrected chi connectivity index (χ0v) is 19.6. The van der Waals surface area contributed by atoms with Crippen molar-refractivity contribution in [2.45, 2.75) is 64.0 Å². The molecule has 1 amide bonds. The van der Waals surface area contributed by atoms with Crippen LogP contribution in [-0.4, -0.2) is 40.0 Å². The molecule has 192 valence electrons. The van der Waals surface area contributed by atoms with Crippen LogP contribution in [0.1, 0.15) is 43.9 Å². The van der Waals surface area contributed by atoms with Gasteiger partial charge in [-0.25, -0.2) is 9.18 Å². The minimum Gasteiger partial charge on any atom is -0.481 e. The van der Waals surface area contributed by atoms with Crippen LogP contribution >= 0.6 is 0 Å². The first-order chi connectivity index (χ1) is 16.1. The van der Waals surface area contributed by atoms with Gasteiger partial charge in [0.25, 0.3) is 0 Å². The summed E-state index contributed by atoms with van der Waals surface area (Å²) < 4.78 is 57.0. The van der Waals surface area contributed by atoms with E-state index in [-0.39, 0.29) is 19.3 Å². The summed E-state index contributed by atoms with van der Waals surface area (Å²) in [5.41, 5.74) is -0.752. The van der Waals surface area contributed by atoms with Crippen LogP contribution in [0, 0.1) is 11.7 Å². The third-order valence-electron chi connectivity index (χ3n) is 5.17. The lowest BCUT2D eigenvalue weighted by Crippen LogP contribution is -2.47. The molecule has 2 aromatic rings. The second-order valence-corrected chi connectivity index (χ2v) is 9.32. The van der Waals surface area contributed by atoms with Crippen molar-refractivity contribution in [3.63, 3.8) is 0 Å². The average Bonchev–Trinajstić information content (AvgIpc) is 2.72. The van der Waals surface area contributed by atoms with Gasteiger partial charge in [0.2, 0.25) is 0 Å². The second kappa shape index (κ2) is 11.5. The molecule has 0 unspecified atom stereocenters. The Hall–Kier alpha value is -3.14. The molecule has 2 aromatic carbocycles. The molecule has 0 aliphatic rings. The van der Waals surface area contributed by atoms with Crippen molar-refractivity contribution in [1.82, 2.24) is 5.32 Å². The summed E-state index contributed by atoms with van der Waals surface area (Å²) in [4.78, 5) is 24.2. The second-order valence-electron chi connectivity index (χ2n) is 9.32. The molecular weight excluding hydrogens is 470 g/mol. The molecule has 0 bridgehead atoms. The Balaban J connectivity index is 2.21. The summed E-state index contributed by atoms with van der Waals surface area (Å²) in [7, 11) is 0. The number of carbonyl (C=O) groups is 2. The van der Waals surface area contributed by atoms with E-state index in [2.05, 4.69) is 5.32 Å². The molecule has 10 heteroatoms. The fourth-order valence-electron chi connectivity index (χ4n) is 3.46. The molecule has 6 nitrogen and oxygen atoms in total. The number of aliphatic hydroxyl groups is 1. The highest BCUT2D eigenvalue weighted by molar-refractivity contribution is 5.70. The molecule has 0 aromatic heterocycles. The first-order valence-electron chi connectivity index (χ1n) is 10.9. The molecule has 0 radical (unpaired) electrons. The number of alkyl halides is 3. The number of hydrogen-bond acceptors (Lipinski definition) is 4. The Bertz CT molecular complexity index is 985. The van der Waals surface area contributed by atoms with Crippen molar-refractivity contribution in [3.05, 3.63) is 71.0 Å². The number of amides is 1. The molecule has 0 fully saturated rings. The van der Waals surface area contributed by atoms with E-state index >= 15 is 0 Å². The average molecular weight is 500 g/mol. The predicted molar refractivity (Wildman–Crippen MR) is 120 cm³/mol. The highest BCUT2D eigenvalue weighted by Gasteiger charge is 2.32. The lowest BCUT2D eigenvalue weighted by molar-refractivity contribution is -0.143. The van der Waals surface area contributed by atoms with Gasteiger partial charge in [-0.2, -0.15) is 13.2 Å². The van der Waals surface area contributed by atoms with Gasteiger partial charge in [0.15, 0.2) is 0 Å². The van der Waals surface area contributed by atoms with E-state index in [4.69, 9.17) is 4.74 Å². The number of benzene rings is 2. The van der Waals surface area contributed by atoms with Gasteiger partial charge in [0.05, 0.1) is 23.6 Å². The number of halogens is 4. The third kappa shape index (κ3) is 9.56. The summed E-state index contributed by atoms with van der Waals surface area (Å²) in [6.07, 6.45) is -7.08. The molecule has 2 rings (SSSR count). The number of aliphatic carboxylic acids is 1. The summed E-state index contributed by atoms with van der Waals surface area (Å²) in [5, 5.41) is 23.0. The van der Waals surface area contributed by atoms with Gasteiger partial charge in [-0.1, -0.05) is 24.3 Å². The fourth-order valence-corrected chi connectivity index (χ4v) is 3.46. The fraction of sp³-hybridized carbons (Fsp3) is 0.440. The van der Waals surface area contributed by atoms with Gasteiger partial charge >= 0.3 is 18.2 Å². The Morgan fingerprint density at radius 1 is 0.943 bits per heavy atom. The Labute approximate surface area is 200 Å². The van der Waals surface area contributed by atoms with Gasteiger partial charge in [-0.3, -0.25) is 4.79 Å². The van der Waals surface area contributed by atoms with Gasteiger partial charge in [0.1, 0.15) is 11.4 Å². The maximum Gasteiger partial charge on any atom is 0.416 e. The van der Waals surface area contributed by atoms with E-state index in [1.54, 1.807) is 20.8 Å². The Morgan fingerprint density at radius 2 is 1.46 bits per heavy atom. The van der Waals surface area contributed by atoms with E-state index in [9.17, 15) is 37.4 Å². The van der Waals surface area contributed by atoms with Gasteiger partial charge < -0.3 is 20.3 Å². The molecule has 0 spiro atoms. The smallest absolute Gasteiger partial charge is 0.416 e. The monoisotopic (exact) mass is 499 g/mol. The number of aliphatic hydroxyl groups excluding tert-OH is 1. The first kappa shape index (κ1) is 28.1. The van der Waals surface area contributed by atoms with E-state index in [0.29, 0.717) is 11.1 Å². The number of alkyl carbamates (subject to hydrolysis) is 1. The standard InChI is InChI=1S/C25H29F4NO5/c1-24(2,3)35-23(34)30-20(13-16-4-8-18(9-5-16)25(27,28)29)21(31)14-17(22(32)33)12-15-6-10-19(26)11-7-15/h4-11,17,20-21,31H,12-14H2,1-3H3,(H,30,34)(H,32,33)/t17-,20+,21+/m0/s1. The van der Waals surface area contributed by atoms with Crippen LogP contribution in [0.25, 0.3) is 0 Å². The topological polar surface area (TPSA) is 95.9 Å². The van der Waals surface area contributed by atoms with Crippen LogP contribution in [-0.2, 0) is 28.5 Å². The van der Waals surface area contributed by atoms with Crippen LogP contribution in [0.5, 0.6) is 0 Å². The summed E-state index contributed by atoms with van der Waals surface area (Å²) >= 11 is 0. The summed E-state index contributed by atoms with van der Waals surface area (Å²) in [6, 6.07) is 8.47. The minimum atomic E-state index is -4.51. The molecule has 3 atom stereocenters. The molecule has 3 N–H and O–H groups in total. The molecule has 35 heavy (non-hydrogen) atoms. The molecule has 0 saturated heterocycles. The van der Waals surface area contributed by atoms with E-state index in [0.717, 1.165) is 12.1 Å². The van der Waals surface area contributed by atoms with Crippen LogP contribution < -0.4 is 5.32 Å². The highest BCUT2D eigenvalue weighted by Crippen LogP contribution is 2.29. The highest BCUT2D eigenvalue weighted by atomic mass is 19.4. The molecule has 0 saturated carbocycles. The van der Waals surface area contributed by atoms with Gasteiger partial charge in [-0.05, 0) is 75.4 Å².